The van der Waals surface area contributed by atoms with Gasteiger partial charge in [0.2, 0.25) is 0 Å². The van der Waals surface area contributed by atoms with Gasteiger partial charge in [0.25, 0.3) is 5.91 Å². The van der Waals surface area contributed by atoms with E-state index < -0.39 is 0 Å². The van der Waals surface area contributed by atoms with E-state index in [1.165, 1.54) is 7.11 Å². The third kappa shape index (κ3) is 3.61. The topological polar surface area (TPSA) is 76.8 Å². The van der Waals surface area contributed by atoms with Crippen LogP contribution >= 0.6 is 0 Å². The molecule has 0 saturated carbocycles. The number of carbonyl (C=O) groups excluding carboxylic acids is 1. The molecule has 0 aromatic heterocycles. The number of nitrogens with two attached hydrogens (primary N) is 1. The lowest BCUT2D eigenvalue weighted by atomic mass is 10.1. The molecule has 6 heteroatoms. The molecule has 1 aromatic carbocycles. The number of hydrogen-bond donors (Lipinski definition) is 2. The highest BCUT2D eigenvalue weighted by Crippen LogP contribution is 2.25. The van der Waals surface area contributed by atoms with Crippen molar-refractivity contribution in [3.63, 3.8) is 0 Å². The standard InChI is InChI=1S/C14H21N3O3/c1-19-13-11(3-2-4-12(13)15)14(18)16-5-6-17-7-9-20-10-8-17/h2-4H,5-10,15H2,1H3,(H,16,18). The predicted octanol–water partition coefficient (Wildman–Crippen LogP) is 0.339. The summed E-state index contributed by atoms with van der Waals surface area (Å²) in [5.74, 6) is 0.263. The number of benzene rings is 1. The number of morpholine rings is 1. The third-order valence-corrected chi connectivity index (χ3v) is 3.31. The predicted molar refractivity (Wildman–Crippen MR) is 77.0 cm³/mol. The molecular weight excluding hydrogens is 258 g/mol. The molecule has 20 heavy (non-hydrogen) atoms. The molecular formula is C14H21N3O3. The average Bonchev–Trinajstić information content (AvgIpc) is 2.48. The van der Waals surface area contributed by atoms with Gasteiger partial charge in [0, 0.05) is 26.2 Å². The molecule has 1 amide bonds. The van der Waals surface area contributed by atoms with E-state index in [0.29, 0.717) is 23.5 Å². The van der Waals surface area contributed by atoms with E-state index >= 15 is 0 Å². The summed E-state index contributed by atoms with van der Waals surface area (Å²) in [7, 11) is 1.51. The average molecular weight is 279 g/mol. The molecule has 1 aliphatic heterocycles. The van der Waals surface area contributed by atoms with Crippen LogP contribution in [0.1, 0.15) is 10.4 Å². The van der Waals surface area contributed by atoms with E-state index in [4.69, 9.17) is 15.2 Å². The normalized spacial score (nSPS) is 15.8. The van der Waals surface area contributed by atoms with Gasteiger partial charge in [-0.05, 0) is 12.1 Å². The molecule has 0 atom stereocenters. The second-order valence-electron chi connectivity index (χ2n) is 4.64. The maximum absolute atomic E-state index is 12.1. The van der Waals surface area contributed by atoms with Crippen molar-refractivity contribution in [2.24, 2.45) is 0 Å². The van der Waals surface area contributed by atoms with E-state index in [2.05, 4.69) is 10.2 Å². The van der Waals surface area contributed by atoms with Crippen LogP contribution < -0.4 is 15.8 Å². The molecule has 1 saturated heterocycles. The molecule has 1 aromatic rings. The first-order chi connectivity index (χ1) is 9.72. The van der Waals surface area contributed by atoms with Gasteiger partial charge < -0.3 is 20.5 Å². The van der Waals surface area contributed by atoms with Crippen molar-refractivity contribution in [2.75, 3.05) is 52.2 Å². The maximum atomic E-state index is 12.1. The van der Waals surface area contributed by atoms with Crippen LogP contribution in [0.15, 0.2) is 18.2 Å². The van der Waals surface area contributed by atoms with Crippen molar-refractivity contribution in [3.8, 4) is 5.75 Å². The zero-order valence-corrected chi connectivity index (χ0v) is 11.7. The summed E-state index contributed by atoms with van der Waals surface area (Å²) in [6, 6.07) is 5.16. The second kappa shape index (κ2) is 7.12. The number of nitrogens with zero attached hydrogens (tertiary/aromatic N) is 1. The lowest BCUT2D eigenvalue weighted by Crippen LogP contribution is -2.41. The molecule has 0 radical (unpaired) electrons. The zero-order chi connectivity index (χ0) is 14.4. The van der Waals surface area contributed by atoms with Crippen LogP contribution in [0.5, 0.6) is 5.75 Å². The van der Waals surface area contributed by atoms with Crippen molar-refractivity contribution in [1.29, 1.82) is 0 Å². The lowest BCUT2D eigenvalue weighted by molar-refractivity contribution is 0.0383. The van der Waals surface area contributed by atoms with Crippen molar-refractivity contribution in [1.82, 2.24) is 10.2 Å². The Morgan fingerprint density at radius 1 is 1.45 bits per heavy atom. The number of para-hydroxylation sites is 1. The molecule has 0 aliphatic carbocycles. The van der Waals surface area contributed by atoms with Crippen LogP contribution in [0.2, 0.25) is 0 Å². The number of amides is 1. The van der Waals surface area contributed by atoms with E-state index in [-0.39, 0.29) is 5.91 Å². The fourth-order valence-electron chi connectivity index (χ4n) is 2.21. The SMILES string of the molecule is COc1c(N)cccc1C(=O)NCCN1CCOCC1. The Bertz CT molecular complexity index is 459. The molecule has 1 heterocycles. The number of anilines is 1. The van der Waals surface area contributed by atoms with Gasteiger partial charge in [-0.15, -0.1) is 0 Å². The Hall–Kier alpha value is -1.79. The zero-order valence-electron chi connectivity index (χ0n) is 11.7. The van der Waals surface area contributed by atoms with Crippen molar-refractivity contribution < 1.29 is 14.3 Å². The van der Waals surface area contributed by atoms with Gasteiger partial charge in [-0.2, -0.15) is 0 Å². The summed E-state index contributed by atoms with van der Waals surface area (Å²) in [4.78, 5) is 14.4. The summed E-state index contributed by atoms with van der Waals surface area (Å²) in [5, 5.41) is 2.89. The number of hydrogen-bond acceptors (Lipinski definition) is 5. The van der Waals surface area contributed by atoms with E-state index in [1.54, 1.807) is 18.2 Å². The summed E-state index contributed by atoms with van der Waals surface area (Å²) >= 11 is 0. The van der Waals surface area contributed by atoms with Crippen LogP contribution in [0.25, 0.3) is 0 Å². The molecule has 0 bridgehead atoms. The number of ether oxygens (including phenoxy) is 2. The minimum absolute atomic E-state index is 0.164. The summed E-state index contributed by atoms with van der Waals surface area (Å²) in [5.41, 5.74) is 6.72. The molecule has 110 valence electrons. The Balaban J connectivity index is 1.87. The number of carbonyl (C=O) groups is 1. The number of methoxy groups -OCH3 is 1. The van der Waals surface area contributed by atoms with Gasteiger partial charge in [-0.1, -0.05) is 6.07 Å². The number of nitrogens with one attached hydrogen (secondary N) is 1. The Kier molecular flexibility index (Phi) is 5.20. The molecule has 6 nitrogen and oxygen atoms in total. The Labute approximate surface area is 118 Å². The number of rotatable bonds is 5. The molecule has 1 fully saturated rings. The quantitative estimate of drug-likeness (QED) is 0.760. The molecule has 2 rings (SSSR count). The molecule has 1 aliphatic rings. The Morgan fingerprint density at radius 3 is 2.90 bits per heavy atom. The van der Waals surface area contributed by atoms with Gasteiger partial charge in [-0.3, -0.25) is 9.69 Å². The van der Waals surface area contributed by atoms with Gasteiger partial charge in [0.15, 0.2) is 5.75 Å². The van der Waals surface area contributed by atoms with Crippen LogP contribution in [0, 0.1) is 0 Å². The minimum atomic E-state index is -0.164. The van der Waals surface area contributed by atoms with Gasteiger partial charge in [0.05, 0.1) is 31.6 Å². The highest BCUT2D eigenvalue weighted by Gasteiger charge is 2.15. The lowest BCUT2D eigenvalue weighted by Gasteiger charge is -2.26. The smallest absolute Gasteiger partial charge is 0.255 e. The van der Waals surface area contributed by atoms with Crippen LogP contribution in [0.4, 0.5) is 5.69 Å². The maximum Gasteiger partial charge on any atom is 0.255 e. The summed E-state index contributed by atoms with van der Waals surface area (Å²) < 4.78 is 10.5. The van der Waals surface area contributed by atoms with E-state index in [1.807, 2.05) is 0 Å². The monoisotopic (exact) mass is 279 g/mol. The first-order valence-corrected chi connectivity index (χ1v) is 6.73. The fourth-order valence-corrected chi connectivity index (χ4v) is 2.21. The van der Waals surface area contributed by atoms with E-state index in [9.17, 15) is 4.79 Å². The second-order valence-corrected chi connectivity index (χ2v) is 4.64. The highest BCUT2D eigenvalue weighted by molar-refractivity contribution is 5.98. The fraction of sp³-hybridized carbons (Fsp3) is 0.500. The highest BCUT2D eigenvalue weighted by atomic mass is 16.5. The van der Waals surface area contributed by atoms with Crippen molar-refractivity contribution in [3.05, 3.63) is 23.8 Å². The Morgan fingerprint density at radius 2 is 2.20 bits per heavy atom. The van der Waals surface area contributed by atoms with E-state index in [0.717, 1.165) is 32.8 Å². The molecule has 3 N–H and O–H groups in total. The van der Waals surface area contributed by atoms with Gasteiger partial charge >= 0.3 is 0 Å². The van der Waals surface area contributed by atoms with Crippen molar-refractivity contribution >= 4 is 11.6 Å². The minimum Gasteiger partial charge on any atom is -0.494 e. The first kappa shape index (κ1) is 14.6. The van der Waals surface area contributed by atoms with Gasteiger partial charge in [0.1, 0.15) is 0 Å². The largest absolute Gasteiger partial charge is 0.494 e. The summed E-state index contributed by atoms with van der Waals surface area (Å²) in [6.45, 7) is 4.76. The third-order valence-electron chi connectivity index (χ3n) is 3.31. The molecule has 0 spiro atoms. The van der Waals surface area contributed by atoms with Crippen LogP contribution in [0.3, 0.4) is 0 Å². The van der Waals surface area contributed by atoms with Crippen molar-refractivity contribution in [2.45, 2.75) is 0 Å². The first-order valence-electron chi connectivity index (χ1n) is 6.73. The summed E-state index contributed by atoms with van der Waals surface area (Å²) in [6.07, 6.45) is 0. The van der Waals surface area contributed by atoms with Crippen LogP contribution in [-0.4, -0.2) is 57.3 Å². The number of nitrogen functional groups attached to an aromatic ring is 1. The van der Waals surface area contributed by atoms with Gasteiger partial charge in [-0.25, -0.2) is 0 Å². The molecule has 0 unspecified atom stereocenters. The van der Waals surface area contributed by atoms with Crippen LogP contribution in [-0.2, 0) is 4.74 Å².